The van der Waals surface area contributed by atoms with Crippen LogP contribution in [0.4, 0.5) is 10.5 Å². The van der Waals surface area contributed by atoms with Crippen LogP contribution in [0.3, 0.4) is 0 Å². The molecule has 0 aliphatic heterocycles. The van der Waals surface area contributed by atoms with E-state index in [1.54, 1.807) is 26.3 Å². The van der Waals surface area contributed by atoms with Crippen LogP contribution in [-0.4, -0.2) is 26.1 Å². The maximum Gasteiger partial charge on any atom is 0.328 e. The van der Waals surface area contributed by atoms with Gasteiger partial charge < -0.3 is 10.5 Å². The second-order valence-electron chi connectivity index (χ2n) is 3.56. The fraction of sp³-hybridized carbons (Fsp3) is 0.273. The van der Waals surface area contributed by atoms with E-state index < -0.39 is 6.03 Å². The molecular formula is C11H16N4O2. The zero-order valence-electron chi connectivity index (χ0n) is 10.1. The monoisotopic (exact) mass is 236 g/mol. The summed E-state index contributed by atoms with van der Waals surface area (Å²) in [5, 5.41) is 9.21. The van der Waals surface area contributed by atoms with Crippen LogP contribution in [0.1, 0.15) is 5.56 Å². The molecule has 0 atom stereocenters. The molecule has 6 heteroatoms. The number of aryl methyl sites for hydroxylation is 1. The first kappa shape index (κ1) is 12.8. The Kier molecular flexibility index (Phi) is 3.92. The Balaban J connectivity index is 2.92. The third-order valence-corrected chi connectivity index (χ3v) is 2.31. The van der Waals surface area contributed by atoms with E-state index in [-0.39, 0.29) is 5.96 Å². The van der Waals surface area contributed by atoms with Crippen LogP contribution in [0, 0.1) is 12.3 Å². The molecule has 1 aromatic carbocycles. The Morgan fingerprint density at radius 3 is 2.65 bits per heavy atom. The van der Waals surface area contributed by atoms with Gasteiger partial charge in [-0.1, -0.05) is 0 Å². The van der Waals surface area contributed by atoms with Crippen LogP contribution in [0.15, 0.2) is 18.2 Å². The number of ether oxygens (including phenoxy) is 1. The molecule has 0 saturated carbocycles. The van der Waals surface area contributed by atoms with Gasteiger partial charge in [0, 0.05) is 12.7 Å². The molecule has 0 aliphatic rings. The highest BCUT2D eigenvalue weighted by Crippen LogP contribution is 2.23. The molecule has 0 aromatic heterocycles. The predicted molar refractivity (Wildman–Crippen MR) is 66.6 cm³/mol. The number of hydrogen-bond donors (Lipinski definition) is 3. The summed E-state index contributed by atoms with van der Waals surface area (Å²) in [7, 11) is 3.19. The maximum atomic E-state index is 11.6. The molecule has 0 bridgehead atoms. The third kappa shape index (κ3) is 3.10. The molecule has 1 rings (SSSR count). The van der Waals surface area contributed by atoms with E-state index in [9.17, 15) is 4.79 Å². The second-order valence-corrected chi connectivity index (χ2v) is 3.56. The second kappa shape index (κ2) is 5.20. The molecule has 6 nitrogen and oxygen atoms in total. The zero-order chi connectivity index (χ0) is 13.0. The minimum Gasteiger partial charge on any atom is -0.497 e. The minimum atomic E-state index is -0.453. The van der Waals surface area contributed by atoms with Gasteiger partial charge in [-0.15, -0.1) is 0 Å². The summed E-state index contributed by atoms with van der Waals surface area (Å²) in [5.74, 6) is 0.347. The van der Waals surface area contributed by atoms with E-state index >= 15 is 0 Å². The molecule has 4 N–H and O–H groups in total. The van der Waals surface area contributed by atoms with Crippen LogP contribution >= 0.6 is 0 Å². The van der Waals surface area contributed by atoms with Gasteiger partial charge in [-0.2, -0.15) is 0 Å². The smallest absolute Gasteiger partial charge is 0.328 e. The number of nitrogens with one attached hydrogen (secondary N) is 2. The lowest BCUT2D eigenvalue weighted by Gasteiger charge is -2.20. The van der Waals surface area contributed by atoms with Crippen molar-refractivity contribution in [3.8, 4) is 5.75 Å². The number of rotatable bonds is 2. The molecule has 92 valence electrons. The van der Waals surface area contributed by atoms with Gasteiger partial charge in [0.2, 0.25) is 0 Å². The Bertz CT molecular complexity index is 445. The molecule has 0 aliphatic carbocycles. The molecule has 0 heterocycles. The summed E-state index contributed by atoms with van der Waals surface area (Å²) in [4.78, 5) is 13.0. The predicted octanol–water partition coefficient (Wildman–Crippen LogP) is 1.04. The van der Waals surface area contributed by atoms with Crippen LogP contribution in [0.25, 0.3) is 0 Å². The van der Waals surface area contributed by atoms with Crippen LogP contribution in [0.2, 0.25) is 0 Å². The summed E-state index contributed by atoms with van der Waals surface area (Å²) >= 11 is 0. The van der Waals surface area contributed by atoms with Crippen LogP contribution in [-0.2, 0) is 0 Å². The first-order valence-corrected chi connectivity index (χ1v) is 4.99. The highest BCUT2D eigenvalue weighted by atomic mass is 16.5. The summed E-state index contributed by atoms with van der Waals surface area (Å²) in [6.45, 7) is 1.87. The van der Waals surface area contributed by atoms with Crippen molar-refractivity contribution in [2.24, 2.45) is 5.73 Å². The SMILES string of the molecule is COc1ccc(N(C)C(=O)NC(=N)N)c(C)c1. The standard InChI is InChI=1S/C11H16N4O2/c1-7-6-8(17-3)4-5-9(7)15(2)11(16)14-10(12)13/h4-6H,1-3H3,(H4,12,13,14,16). The highest BCUT2D eigenvalue weighted by Gasteiger charge is 2.13. The molecule has 0 fully saturated rings. The molecule has 1 aromatic rings. The number of carbonyl (C=O) groups is 1. The lowest BCUT2D eigenvalue weighted by Crippen LogP contribution is -2.44. The van der Waals surface area contributed by atoms with Crippen LogP contribution < -0.4 is 20.7 Å². The van der Waals surface area contributed by atoms with Crippen molar-refractivity contribution in [2.75, 3.05) is 19.1 Å². The number of amides is 2. The summed E-state index contributed by atoms with van der Waals surface area (Å²) in [5.41, 5.74) is 6.72. The molecule has 0 saturated heterocycles. The number of hydrogen-bond acceptors (Lipinski definition) is 3. The average Bonchev–Trinajstić information content (AvgIpc) is 2.27. The van der Waals surface area contributed by atoms with Gasteiger partial charge in [0.1, 0.15) is 5.75 Å². The van der Waals surface area contributed by atoms with Gasteiger partial charge in [0.05, 0.1) is 7.11 Å². The minimum absolute atomic E-state index is 0.381. The summed E-state index contributed by atoms with van der Waals surface area (Å²) in [6, 6.07) is 4.91. The van der Waals surface area contributed by atoms with Crippen molar-refractivity contribution in [3.05, 3.63) is 23.8 Å². The van der Waals surface area contributed by atoms with Crippen molar-refractivity contribution in [2.45, 2.75) is 6.92 Å². The lowest BCUT2D eigenvalue weighted by atomic mass is 10.2. The summed E-state index contributed by atoms with van der Waals surface area (Å²) in [6.07, 6.45) is 0. The number of carbonyl (C=O) groups excluding carboxylic acids is 1. The Morgan fingerprint density at radius 1 is 1.53 bits per heavy atom. The highest BCUT2D eigenvalue weighted by molar-refractivity contribution is 6.02. The summed E-state index contributed by atoms with van der Waals surface area (Å²) < 4.78 is 5.08. The number of nitrogens with two attached hydrogens (primary N) is 1. The Labute approximate surface area is 99.9 Å². The fourth-order valence-electron chi connectivity index (χ4n) is 1.44. The molecule has 0 radical (unpaired) electrons. The molecular weight excluding hydrogens is 220 g/mol. The van der Waals surface area contributed by atoms with Crippen LogP contribution in [0.5, 0.6) is 5.75 Å². The molecule has 0 unspecified atom stereocenters. The lowest BCUT2D eigenvalue weighted by molar-refractivity contribution is 0.251. The van der Waals surface area contributed by atoms with E-state index in [1.165, 1.54) is 4.90 Å². The van der Waals surface area contributed by atoms with Gasteiger partial charge >= 0.3 is 6.03 Å². The average molecular weight is 236 g/mol. The van der Waals surface area contributed by atoms with Gasteiger partial charge in [0.25, 0.3) is 0 Å². The van der Waals surface area contributed by atoms with Gasteiger partial charge in [-0.3, -0.25) is 15.6 Å². The number of benzene rings is 1. The van der Waals surface area contributed by atoms with E-state index in [2.05, 4.69) is 5.32 Å². The quantitative estimate of drug-likeness (QED) is 0.529. The first-order chi connectivity index (χ1) is 7.95. The van der Waals surface area contributed by atoms with Crippen molar-refractivity contribution in [1.82, 2.24) is 5.32 Å². The van der Waals surface area contributed by atoms with E-state index in [4.69, 9.17) is 15.9 Å². The molecule has 17 heavy (non-hydrogen) atoms. The van der Waals surface area contributed by atoms with E-state index in [0.29, 0.717) is 0 Å². The van der Waals surface area contributed by atoms with Crippen molar-refractivity contribution in [1.29, 1.82) is 5.41 Å². The largest absolute Gasteiger partial charge is 0.497 e. The third-order valence-electron chi connectivity index (χ3n) is 2.31. The topological polar surface area (TPSA) is 91.4 Å². The van der Waals surface area contributed by atoms with Crippen molar-refractivity contribution >= 4 is 17.7 Å². The van der Waals surface area contributed by atoms with E-state index in [1.807, 2.05) is 13.0 Å². The number of urea groups is 1. The van der Waals surface area contributed by atoms with Gasteiger partial charge in [0.15, 0.2) is 5.96 Å². The number of nitrogens with zero attached hydrogens (tertiary/aromatic N) is 1. The first-order valence-electron chi connectivity index (χ1n) is 4.99. The van der Waals surface area contributed by atoms with E-state index in [0.717, 1.165) is 17.0 Å². The molecule has 2 amide bonds. The Morgan fingerprint density at radius 2 is 2.18 bits per heavy atom. The van der Waals surface area contributed by atoms with Crippen molar-refractivity contribution < 1.29 is 9.53 Å². The zero-order valence-corrected chi connectivity index (χ0v) is 10.1. The Hall–Kier alpha value is -2.24. The fourth-order valence-corrected chi connectivity index (χ4v) is 1.44. The van der Waals surface area contributed by atoms with Gasteiger partial charge in [-0.25, -0.2) is 4.79 Å². The normalized spacial score (nSPS) is 9.59. The van der Waals surface area contributed by atoms with Gasteiger partial charge in [-0.05, 0) is 30.7 Å². The maximum absolute atomic E-state index is 11.6. The molecule has 0 spiro atoms. The number of methoxy groups -OCH3 is 1. The van der Waals surface area contributed by atoms with Crippen molar-refractivity contribution in [3.63, 3.8) is 0 Å². The number of anilines is 1. The number of guanidine groups is 1.